The molecule has 1 aromatic carbocycles. The van der Waals surface area contributed by atoms with Gasteiger partial charge in [0.2, 0.25) is 5.91 Å². The molecular formula is C20H26N4OS. The summed E-state index contributed by atoms with van der Waals surface area (Å²) in [5.41, 5.74) is 1.24. The molecule has 1 amide bonds. The molecule has 0 spiro atoms. The molecule has 6 heteroatoms. The maximum absolute atomic E-state index is 12.3. The first kappa shape index (κ1) is 17.6. The van der Waals surface area contributed by atoms with Crippen molar-refractivity contribution < 1.29 is 4.79 Å². The van der Waals surface area contributed by atoms with Gasteiger partial charge in [-0.05, 0) is 31.2 Å². The van der Waals surface area contributed by atoms with Crippen LogP contribution in [0.15, 0.2) is 35.5 Å². The van der Waals surface area contributed by atoms with Crippen LogP contribution in [0.25, 0.3) is 0 Å². The van der Waals surface area contributed by atoms with Gasteiger partial charge in [0, 0.05) is 12.0 Å². The van der Waals surface area contributed by atoms with E-state index in [0.29, 0.717) is 17.7 Å². The van der Waals surface area contributed by atoms with Crippen molar-refractivity contribution in [3.05, 3.63) is 41.7 Å². The third-order valence-electron chi connectivity index (χ3n) is 5.17. The highest BCUT2D eigenvalue weighted by molar-refractivity contribution is 7.99. The molecule has 0 radical (unpaired) electrons. The largest absolute Gasteiger partial charge is 0.353 e. The molecule has 26 heavy (non-hydrogen) atoms. The summed E-state index contributed by atoms with van der Waals surface area (Å²) in [6, 6.07) is 10.8. The smallest absolute Gasteiger partial charge is 0.230 e. The minimum Gasteiger partial charge on any atom is -0.353 e. The minimum absolute atomic E-state index is 0.115. The second-order valence-corrected chi connectivity index (χ2v) is 8.32. The number of nitrogens with zero attached hydrogens (tertiary/aromatic N) is 3. The van der Waals surface area contributed by atoms with Crippen LogP contribution in [0.1, 0.15) is 62.3 Å². The normalized spacial score (nSPS) is 18.0. The Morgan fingerprint density at radius 1 is 1.08 bits per heavy atom. The average molecular weight is 371 g/mol. The molecule has 1 heterocycles. The number of aromatic nitrogens is 3. The van der Waals surface area contributed by atoms with Gasteiger partial charge < -0.3 is 9.88 Å². The summed E-state index contributed by atoms with van der Waals surface area (Å²) in [5.74, 6) is 2.14. The Hall–Kier alpha value is -1.82. The summed E-state index contributed by atoms with van der Waals surface area (Å²) in [5, 5.41) is 12.9. The molecule has 2 fully saturated rings. The molecule has 4 rings (SSSR count). The Labute approximate surface area is 159 Å². The predicted molar refractivity (Wildman–Crippen MR) is 103 cm³/mol. The lowest BCUT2D eigenvalue weighted by Gasteiger charge is -2.22. The molecule has 0 atom stereocenters. The SMILES string of the molecule is O=C(CSc1nnc(C2CC2)n1Cc1ccccc1)NC1CCCCC1. The molecule has 1 N–H and O–H groups in total. The summed E-state index contributed by atoms with van der Waals surface area (Å²) in [6.07, 6.45) is 8.38. The fourth-order valence-electron chi connectivity index (χ4n) is 3.61. The summed E-state index contributed by atoms with van der Waals surface area (Å²) in [6.45, 7) is 0.770. The van der Waals surface area contributed by atoms with Crippen LogP contribution < -0.4 is 5.32 Å². The van der Waals surface area contributed by atoms with E-state index < -0.39 is 0 Å². The van der Waals surface area contributed by atoms with Gasteiger partial charge in [-0.25, -0.2) is 0 Å². The van der Waals surface area contributed by atoms with Gasteiger partial charge in [-0.1, -0.05) is 61.4 Å². The quantitative estimate of drug-likeness (QED) is 0.754. The molecule has 2 saturated carbocycles. The zero-order valence-electron chi connectivity index (χ0n) is 15.1. The maximum Gasteiger partial charge on any atom is 0.230 e. The first-order valence-electron chi connectivity index (χ1n) is 9.69. The lowest BCUT2D eigenvalue weighted by molar-refractivity contribution is -0.119. The first-order chi connectivity index (χ1) is 12.8. The van der Waals surface area contributed by atoms with Crippen molar-refractivity contribution in [1.29, 1.82) is 0 Å². The van der Waals surface area contributed by atoms with Crippen LogP contribution in [0.3, 0.4) is 0 Å². The molecule has 2 aliphatic carbocycles. The van der Waals surface area contributed by atoms with Gasteiger partial charge in [0.05, 0.1) is 12.3 Å². The summed E-state index contributed by atoms with van der Waals surface area (Å²) in [4.78, 5) is 12.3. The van der Waals surface area contributed by atoms with Gasteiger partial charge in [-0.3, -0.25) is 4.79 Å². The Bertz CT molecular complexity index is 736. The molecule has 0 unspecified atom stereocenters. The van der Waals surface area contributed by atoms with E-state index in [9.17, 15) is 4.79 Å². The van der Waals surface area contributed by atoms with Gasteiger partial charge in [-0.15, -0.1) is 10.2 Å². The zero-order chi connectivity index (χ0) is 17.8. The van der Waals surface area contributed by atoms with E-state index in [1.165, 1.54) is 49.4 Å². The monoisotopic (exact) mass is 370 g/mol. The Morgan fingerprint density at radius 2 is 1.85 bits per heavy atom. The van der Waals surface area contributed by atoms with Crippen LogP contribution in [-0.4, -0.2) is 32.5 Å². The van der Waals surface area contributed by atoms with E-state index in [-0.39, 0.29) is 5.91 Å². The highest BCUT2D eigenvalue weighted by Gasteiger charge is 2.30. The lowest BCUT2D eigenvalue weighted by Crippen LogP contribution is -2.37. The number of amides is 1. The summed E-state index contributed by atoms with van der Waals surface area (Å²) < 4.78 is 2.20. The molecule has 0 saturated heterocycles. The molecule has 1 aromatic heterocycles. The van der Waals surface area contributed by atoms with Crippen LogP contribution >= 0.6 is 11.8 Å². The van der Waals surface area contributed by atoms with E-state index in [4.69, 9.17) is 0 Å². The van der Waals surface area contributed by atoms with E-state index >= 15 is 0 Å². The Balaban J connectivity index is 1.40. The number of carbonyl (C=O) groups excluding carboxylic acids is 1. The Kier molecular flexibility index (Phi) is 5.58. The number of hydrogen-bond donors (Lipinski definition) is 1. The first-order valence-corrected chi connectivity index (χ1v) is 10.7. The third kappa shape index (κ3) is 4.47. The second kappa shape index (κ2) is 8.25. The minimum atomic E-state index is 0.115. The number of hydrogen-bond acceptors (Lipinski definition) is 4. The number of thioether (sulfide) groups is 1. The van der Waals surface area contributed by atoms with Gasteiger partial charge in [0.1, 0.15) is 5.82 Å². The van der Waals surface area contributed by atoms with Crippen LogP contribution in [0.2, 0.25) is 0 Å². The van der Waals surface area contributed by atoms with Gasteiger partial charge in [-0.2, -0.15) is 0 Å². The molecule has 0 aliphatic heterocycles. The molecule has 2 aromatic rings. The highest BCUT2D eigenvalue weighted by atomic mass is 32.2. The third-order valence-corrected chi connectivity index (χ3v) is 6.14. The fourth-order valence-corrected chi connectivity index (χ4v) is 4.37. The molecule has 5 nitrogen and oxygen atoms in total. The number of rotatable bonds is 7. The number of nitrogens with one attached hydrogen (secondary N) is 1. The molecule has 0 bridgehead atoms. The van der Waals surface area contributed by atoms with Crippen LogP contribution in [0.5, 0.6) is 0 Å². The van der Waals surface area contributed by atoms with Crippen LogP contribution in [-0.2, 0) is 11.3 Å². The number of carbonyl (C=O) groups is 1. The van der Waals surface area contributed by atoms with Gasteiger partial charge >= 0.3 is 0 Å². The molecule has 138 valence electrons. The van der Waals surface area contributed by atoms with Crippen molar-refractivity contribution in [3.8, 4) is 0 Å². The van der Waals surface area contributed by atoms with E-state index in [1.807, 2.05) is 6.07 Å². The van der Waals surface area contributed by atoms with Crippen molar-refractivity contribution in [3.63, 3.8) is 0 Å². The average Bonchev–Trinajstić information content (AvgIpc) is 3.44. The van der Waals surface area contributed by atoms with Crippen molar-refractivity contribution in [2.45, 2.75) is 68.6 Å². The highest BCUT2D eigenvalue weighted by Crippen LogP contribution is 2.40. The van der Waals surface area contributed by atoms with E-state index in [0.717, 1.165) is 30.4 Å². The summed E-state index contributed by atoms with van der Waals surface area (Å²) in [7, 11) is 0. The van der Waals surface area contributed by atoms with Crippen LogP contribution in [0, 0.1) is 0 Å². The van der Waals surface area contributed by atoms with Gasteiger partial charge in [0.25, 0.3) is 0 Å². The van der Waals surface area contributed by atoms with Crippen molar-refractivity contribution in [2.24, 2.45) is 0 Å². The fraction of sp³-hybridized carbons (Fsp3) is 0.550. The van der Waals surface area contributed by atoms with Crippen molar-refractivity contribution in [2.75, 3.05) is 5.75 Å². The standard InChI is InChI=1S/C20H26N4OS/c25-18(21-17-9-5-2-6-10-17)14-26-20-23-22-19(16-11-12-16)24(20)13-15-7-3-1-4-8-15/h1,3-4,7-8,16-17H,2,5-6,9-14H2,(H,21,25). The zero-order valence-corrected chi connectivity index (χ0v) is 15.9. The molecule has 2 aliphatic rings. The topological polar surface area (TPSA) is 59.8 Å². The van der Waals surface area contributed by atoms with E-state index in [1.54, 1.807) is 0 Å². The van der Waals surface area contributed by atoms with Crippen molar-refractivity contribution >= 4 is 17.7 Å². The Morgan fingerprint density at radius 3 is 2.58 bits per heavy atom. The maximum atomic E-state index is 12.3. The van der Waals surface area contributed by atoms with Gasteiger partial charge in [0.15, 0.2) is 5.16 Å². The number of benzene rings is 1. The predicted octanol–water partition coefficient (Wildman–Crippen LogP) is 3.74. The second-order valence-electron chi connectivity index (χ2n) is 7.38. The van der Waals surface area contributed by atoms with Crippen LogP contribution in [0.4, 0.5) is 0 Å². The van der Waals surface area contributed by atoms with Crippen molar-refractivity contribution in [1.82, 2.24) is 20.1 Å². The molecular weight excluding hydrogens is 344 g/mol. The van der Waals surface area contributed by atoms with E-state index in [2.05, 4.69) is 44.3 Å². The lowest BCUT2D eigenvalue weighted by atomic mass is 9.95. The summed E-state index contributed by atoms with van der Waals surface area (Å²) >= 11 is 1.51.